The molecule has 114 valence electrons. The maximum absolute atomic E-state index is 3.38. The molecular formula is C18H32N2. The van der Waals surface area contributed by atoms with Crippen molar-refractivity contribution in [3.8, 4) is 0 Å². The third-order valence-electron chi connectivity index (χ3n) is 4.32. The molecule has 2 heteroatoms. The van der Waals surface area contributed by atoms with Crippen LogP contribution in [0, 0.1) is 5.92 Å². The fourth-order valence-corrected chi connectivity index (χ4v) is 2.85. The van der Waals surface area contributed by atoms with E-state index in [1.165, 1.54) is 18.5 Å². The van der Waals surface area contributed by atoms with Crippen LogP contribution in [-0.4, -0.2) is 38.1 Å². The molecule has 0 amide bonds. The van der Waals surface area contributed by atoms with Crippen molar-refractivity contribution >= 4 is 0 Å². The minimum Gasteiger partial charge on any atom is -0.319 e. The number of rotatable bonds is 9. The van der Waals surface area contributed by atoms with Crippen LogP contribution in [0.3, 0.4) is 0 Å². The summed E-state index contributed by atoms with van der Waals surface area (Å²) in [4.78, 5) is 2.60. The van der Waals surface area contributed by atoms with Crippen LogP contribution in [0.2, 0.25) is 0 Å². The smallest absolute Gasteiger partial charge is 0.0176 e. The Kier molecular flexibility index (Phi) is 7.25. The van der Waals surface area contributed by atoms with Gasteiger partial charge in [0.05, 0.1) is 0 Å². The highest BCUT2D eigenvalue weighted by atomic mass is 15.1. The minimum atomic E-state index is 0.166. The molecule has 0 radical (unpaired) electrons. The minimum absolute atomic E-state index is 0.166. The summed E-state index contributed by atoms with van der Waals surface area (Å²) in [5.41, 5.74) is 1.59. The van der Waals surface area contributed by atoms with Crippen LogP contribution < -0.4 is 5.32 Å². The van der Waals surface area contributed by atoms with Gasteiger partial charge in [-0.15, -0.1) is 0 Å². The van der Waals surface area contributed by atoms with Crippen molar-refractivity contribution in [1.29, 1.82) is 0 Å². The Morgan fingerprint density at radius 2 is 1.85 bits per heavy atom. The molecule has 2 atom stereocenters. The Morgan fingerprint density at radius 3 is 2.35 bits per heavy atom. The highest BCUT2D eigenvalue weighted by Crippen LogP contribution is 2.25. The van der Waals surface area contributed by atoms with Crippen molar-refractivity contribution < 1.29 is 0 Å². The third kappa shape index (κ3) is 4.92. The van der Waals surface area contributed by atoms with Crippen molar-refractivity contribution in [2.45, 2.75) is 39.5 Å². The Balaban J connectivity index is 2.84. The summed E-state index contributed by atoms with van der Waals surface area (Å²) in [5, 5.41) is 3.38. The lowest BCUT2D eigenvalue weighted by Crippen LogP contribution is -2.45. The maximum atomic E-state index is 3.38. The normalized spacial score (nSPS) is 16.1. The predicted octanol–water partition coefficient (Wildman–Crippen LogP) is 3.53. The molecule has 2 unspecified atom stereocenters. The average molecular weight is 276 g/mol. The zero-order chi connectivity index (χ0) is 15.0. The molecule has 0 aliphatic heterocycles. The lowest BCUT2D eigenvalue weighted by atomic mass is 9.81. The van der Waals surface area contributed by atoms with Gasteiger partial charge in [-0.05, 0) is 25.1 Å². The largest absolute Gasteiger partial charge is 0.319 e. The van der Waals surface area contributed by atoms with Crippen LogP contribution in [0.25, 0.3) is 0 Å². The predicted molar refractivity (Wildman–Crippen MR) is 89.3 cm³/mol. The van der Waals surface area contributed by atoms with Crippen molar-refractivity contribution in [1.82, 2.24) is 10.2 Å². The molecule has 0 fully saturated rings. The monoisotopic (exact) mass is 276 g/mol. The van der Waals surface area contributed by atoms with Gasteiger partial charge >= 0.3 is 0 Å². The van der Waals surface area contributed by atoms with Gasteiger partial charge in [-0.1, -0.05) is 64.4 Å². The van der Waals surface area contributed by atoms with Gasteiger partial charge in [-0.3, -0.25) is 0 Å². The topological polar surface area (TPSA) is 15.3 Å². The molecule has 0 aromatic heterocycles. The summed E-state index contributed by atoms with van der Waals surface area (Å²) in [6.07, 6.45) is 1.25. The second-order valence-corrected chi connectivity index (χ2v) is 6.30. The number of nitrogens with one attached hydrogen (secondary N) is 1. The first-order valence-electron chi connectivity index (χ1n) is 7.98. The summed E-state index contributed by atoms with van der Waals surface area (Å²) >= 11 is 0. The second-order valence-electron chi connectivity index (χ2n) is 6.30. The highest BCUT2D eigenvalue weighted by molar-refractivity contribution is 5.25. The lowest BCUT2D eigenvalue weighted by Gasteiger charge is -2.36. The zero-order valence-corrected chi connectivity index (χ0v) is 13.9. The number of hydrogen-bond acceptors (Lipinski definition) is 2. The van der Waals surface area contributed by atoms with Gasteiger partial charge in [0.25, 0.3) is 0 Å². The van der Waals surface area contributed by atoms with E-state index in [1.54, 1.807) is 0 Å². The fourth-order valence-electron chi connectivity index (χ4n) is 2.85. The van der Waals surface area contributed by atoms with Gasteiger partial charge < -0.3 is 10.2 Å². The quantitative estimate of drug-likeness (QED) is 0.742. The molecule has 0 spiro atoms. The standard InChI is InChI=1S/C18H32N2/c1-6-16(3)13-20(7-2)15-18(4,14-19-5)17-11-9-8-10-12-17/h8-12,16,19H,6-7,13-15H2,1-5H3. The van der Waals surface area contributed by atoms with Gasteiger partial charge in [-0.2, -0.15) is 0 Å². The van der Waals surface area contributed by atoms with Gasteiger partial charge in [0.2, 0.25) is 0 Å². The highest BCUT2D eigenvalue weighted by Gasteiger charge is 2.28. The van der Waals surface area contributed by atoms with Crippen LogP contribution in [0.15, 0.2) is 30.3 Å². The van der Waals surface area contributed by atoms with Crippen LogP contribution in [0.4, 0.5) is 0 Å². The SMILES string of the molecule is CCC(C)CN(CC)CC(C)(CNC)c1ccccc1. The Labute approximate surface area is 125 Å². The molecule has 1 aromatic rings. The third-order valence-corrected chi connectivity index (χ3v) is 4.32. The molecule has 0 bridgehead atoms. The summed E-state index contributed by atoms with van der Waals surface area (Å²) in [6, 6.07) is 10.9. The van der Waals surface area contributed by atoms with Crippen molar-refractivity contribution in [3.05, 3.63) is 35.9 Å². The van der Waals surface area contributed by atoms with Crippen molar-refractivity contribution in [2.75, 3.05) is 33.2 Å². The number of nitrogens with zero attached hydrogens (tertiary/aromatic N) is 1. The summed E-state index contributed by atoms with van der Waals surface area (Å²) in [5.74, 6) is 0.768. The van der Waals surface area contributed by atoms with Gasteiger partial charge in [0, 0.05) is 25.0 Å². The second kappa shape index (κ2) is 8.43. The molecule has 1 N–H and O–H groups in total. The van der Waals surface area contributed by atoms with Crippen LogP contribution in [0.5, 0.6) is 0 Å². The van der Waals surface area contributed by atoms with Crippen molar-refractivity contribution in [2.24, 2.45) is 5.92 Å². The molecule has 1 rings (SSSR count). The Hall–Kier alpha value is -0.860. The van der Waals surface area contributed by atoms with Gasteiger partial charge in [0.1, 0.15) is 0 Å². The fraction of sp³-hybridized carbons (Fsp3) is 0.667. The van der Waals surface area contributed by atoms with Gasteiger partial charge in [-0.25, -0.2) is 0 Å². The molecule has 0 aliphatic rings. The van der Waals surface area contributed by atoms with E-state index in [2.05, 4.69) is 68.2 Å². The zero-order valence-electron chi connectivity index (χ0n) is 13.9. The van der Waals surface area contributed by atoms with E-state index in [4.69, 9.17) is 0 Å². The molecule has 0 saturated heterocycles. The first-order chi connectivity index (χ1) is 9.55. The maximum Gasteiger partial charge on any atom is 0.0176 e. The molecule has 0 saturated carbocycles. The molecule has 0 heterocycles. The molecule has 20 heavy (non-hydrogen) atoms. The van der Waals surface area contributed by atoms with E-state index in [-0.39, 0.29) is 5.41 Å². The van der Waals surface area contributed by atoms with Crippen LogP contribution in [0.1, 0.15) is 39.7 Å². The van der Waals surface area contributed by atoms with E-state index in [9.17, 15) is 0 Å². The number of likely N-dealkylation sites (N-methyl/N-ethyl adjacent to an activating group) is 2. The van der Waals surface area contributed by atoms with Crippen molar-refractivity contribution in [3.63, 3.8) is 0 Å². The van der Waals surface area contributed by atoms with Gasteiger partial charge in [0.15, 0.2) is 0 Å². The Morgan fingerprint density at radius 1 is 1.20 bits per heavy atom. The van der Waals surface area contributed by atoms with Crippen LogP contribution in [-0.2, 0) is 5.41 Å². The van der Waals surface area contributed by atoms with E-state index in [0.29, 0.717) is 0 Å². The number of benzene rings is 1. The lowest BCUT2D eigenvalue weighted by molar-refractivity contribution is 0.195. The van der Waals surface area contributed by atoms with E-state index in [0.717, 1.165) is 25.6 Å². The van der Waals surface area contributed by atoms with E-state index >= 15 is 0 Å². The number of hydrogen-bond donors (Lipinski definition) is 1. The first kappa shape index (κ1) is 17.2. The van der Waals surface area contributed by atoms with E-state index in [1.807, 2.05) is 7.05 Å². The summed E-state index contributed by atoms with van der Waals surface area (Å²) < 4.78 is 0. The molecule has 0 aliphatic carbocycles. The first-order valence-corrected chi connectivity index (χ1v) is 7.98. The summed E-state index contributed by atoms with van der Waals surface area (Å²) in [6.45, 7) is 13.7. The molecular weight excluding hydrogens is 244 g/mol. The summed E-state index contributed by atoms with van der Waals surface area (Å²) in [7, 11) is 2.05. The Bertz CT molecular complexity index is 363. The average Bonchev–Trinajstić information content (AvgIpc) is 2.47. The molecule has 1 aromatic carbocycles. The van der Waals surface area contributed by atoms with Crippen LogP contribution >= 0.6 is 0 Å². The van der Waals surface area contributed by atoms with E-state index < -0.39 is 0 Å². The molecule has 2 nitrogen and oxygen atoms in total.